The quantitative estimate of drug-likeness (QED) is 0.731. The third-order valence-corrected chi connectivity index (χ3v) is 5.07. The van der Waals surface area contributed by atoms with Crippen molar-refractivity contribution in [2.24, 2.45) is 0 Å². The molecule has 0 saturated carbocycles. The van der Waals surface area contributed by atoms with Crippen LogP contribution in [0.1, 0.15) is 11.1 Å². The Bertz CT molecular complexity index is 1020. The van der Waals surface area contributed by atoms with E-state index in [1.807, 2.05) is 42.8 Å². The Hall–Kier alpha value is -3.13. The van der Waals surface area contributed by atoms with Gasteiger partial charge < -0.3 is 4.52 Å². The van der Waals surface area contributed by atoms with Crippen molar-refractivity contribution in [3.63, 3.8) is 0 Å². The molecule has 0 radical (unpaired) electrons. The summed E-state index contributed by atoms with van der Waals surface area (Å²) >= 11 is 0. The zero-order valence-electron chi connectivity index (χ0n) is 14.2. The van der Waals surface area contributed by atoms with Gasteiger partial charge in [-0.25, -0.2) is 17.9 Å². The van der Waals surface area contributed by atoms with Crippen LogP contribution < -0.4 is 10.0 Å². The number of rotatable bonds is 4. The van der Waals surface area contributed by atoms with Gasteiger partial charge in [0.2, 0.25) is 5.88 Å². The fraction of sp³-hybridized carbons (Fsp3) is 0.111. The monoisotopic (exact) mass is 371 g/mol. The lowest BCUT2D eigenvalue weighted by Gasteiger charge is -2.08. The van der Waals surface area contributed by atoms with Gasteiger partial charge in [0.25, 0.3) is 10.0 Å². The molecule has 8 heteroatoms. The van der Waals surface area contributed by atoms with Gasteiger partial charge in [0.15, 0.2) is 0 Å². The molecule has 0 spiro atoms. The standard InChI is InChI=1S/C18H17N3O4S/c1-12-3-7-14(8-4-12)16-11-19-25-17(16)20-18(22)21-26(23,24)15-9-5-13(2)6-10-15/h3-11H,1-2H3,(H2,20,21,22). The molecule has 2 aromatic carbocycles. The van der Waals surface area contributed by atoms with Crippen LogP contribution in [0.15, 0.2) is 64.1 Å². The Balaban J connectivity index is 1.76. The lowest BCUT2D eigenvalue weighted by atomic mass is 10.1. The normalized spacial score (nSPS) is 11.2. The van der Waals surface area contributed by atoms with E-state index in [1.165, 1.54) is 18.3 Å². The fourth-order valence-corrected chi connectivity index (χ4v) is 3.20. The number of nitrogens with one attached hydrogen (secondary N) is 2. The molecule has 1 aromatic heterocycles. The highest BCUT2D eigenvalue weighted by Crippen LogP contribution is 2.27. The molecule has 0 aliphatic heterocycles. The summed E-state index contributed by atoms with van der Waals surface area (Å²) in [5, 5.41) is 6.05. The van der Waals surface area contributed by atoms with Crippen LogP contribution in [0.2, 0.25) is 0 Å². The summed E-state index contributed by atoms with van der Waals surface area (Å²) in [6, 6.07) is 12.8. The molecule has 2 amide bonds. The summed E-state index contributed by atoms with van der Waals surface area (Å²) in [7, 11) is -3.99. The minimum absolute atomic E-state index is 0.00502. The fourth-order valence-electron chi connectivity index (χ4n) is 2.30. The molecule has 0 unspecified atom stereocenters. The van der Waals surface area contributed by atoms with Crippen molar-refractivity contribution in [2.45, 2.75) is 18.7 Å². The SMILES string of the molecule is Cc1ccc(-c2cnoc2NC(=O)NS(=O)(=O)c2ccc(C)cc2)cc1. The van der Waals surface area contributed by atoms with E-state index in [-0.39, 0.29) is 10.8 Å². The van der Waals surface area contributed by atoms with Gasteiger partial charge in [-0.15, -0.1) is 0 Å². The maximum Gasteiger partial charge on any atom is 0.335 e. The van der Waals surface area contributed by atoms with Crippen LogP contribution in [-0.2, 0) is 10.0 Å². The highest BCUT2D eigenvalue weighted by Gasteiger charge is 2.20. The highest BCUT2D eigenvalue weighted by molar-refractivity contribution is 7.90. The molecule has 26 heavy (non-hydrogen) atoms. The molecular formula is C18H17N3O4S. The summed E-state index contributed by atoms with van der Waals surface area (Å²) in [6.45, 7) is 3.80. The number of nitrogens with zero attached hydrogens (tertiary/aromatic N) is 1. The van der Waals surface area contributed by atoms with Gasteiger partial charge in [-0.1, -0.05) is 52.7 Å². The second-order valence-corrected chi connectivity index (χ2v) is 7.49. The van der Waals surface area contributed by atoms with Crippen LogP contribution in [0.4, 0.5) is 10.7 Å². The van der Waals surface area contributed by atoms with E-state index in [1.54, 1.807) is 12.1 Å². The third kappa shape index (κ3) is 3.92. The molecule has 0 atom stereocenters. The molecule has 3 aromatic rings. The van der Waals surface area contributed by atoms with Crippen LogP contribution in [0.3, 0.4) is 0 Å². The van der Waals surface area contributed by atoms with Gasteiger partial charge in [-0.2, -0.15) is 0 Å². The van der Waals surface area contributed by atoms with E-state index in [0.717, 1.165) is 16.7 Å². The maximum absolute atomic E-state index is 12.3. The number of carbonyl (C=O) groups is 1. The first kappa shape index (κ1) is 17.7. The lowest BCUT2D eigenvalue weighted by Crippen LogP contribution is -2.34. The zero-order chi connectivity index (χ0) is 18.7. The average Bonchev–Trinajstić information content (AvgIpc) is 3.03. The predicted molar refractivity (Wildman–Crippen MR) is 97.2 cm³/mol. The molecule has 1 heterocycles. The van der Waals surface area contributed by atoms with Crippen molar-refractivity contribution in [1.82, 2.24) is 9.88 Å². The van der Waals surface area contributed by atoms with E-state index in [9.17, 15) is 13.2 Å². The summed E-state index contributed by atoms with van der Waals surface area (Å²) < 4.78 is 31.5. The van der Waals surface area contributed by atoms with Crippen LogP contribution in [-0.4, -0.2) is 19.6 Å². The molecular weight excluding hydrogens is 354 g/mol. The van der Waals surface area contributed by atoms with E-state index in [2.05, 4.69) is 10.5 Å². The van der Waals surface area contributed by atoms with Crippen LogP contribution in [0.25, 0.3) is 11.1 Å². The number of amides is 2. The van der Waals surface area contributed by atoms with Crippen molar-refractivity contribution < 1.29 is 17.7 Å². The van der Waals surface area contributed by atoms with Crippen molar-refractivity contribution in [2.75, 3.05) is 5.32 Å². The van der Waals surface area contributed by atoms with Crippen molar-refractivity contribution in [1.29, 1.82) is 0 Å². The summed E-state index contributed by atoms with van der Waals surface area (Å²) in [5.74, 6) is 0.0606. The largest absolute Gasteiger partial charge is 0.338 e. The molecule has 7 nitrogen and oxygen atoms in total. The van der Waals surface area contributed by atoms with Crippen LogP contribution >= 0.6 is 0 Å². The van der Waals surface area contributed by atoms with E-state index >= 15 is 0 Å². The van der Waals surface area contributed by atoms with Crippen LogP contribution in [0.5, 0.6) is 0 Å². The topological polar surface area (TPSA) is 101 Å². The summed E-state index contributed by atoms with van der Waals surface area (Å²) in [6.07, 6.45) is 1.45. The number of hydrogen-bond donors (Lipinski definition) is 2. The zero-order valence-corrected chi connectivity index (χ0v) is 15.0. The Morgan fingerprint density at radius 3 is 2.15 bits per heavy atom. The maximum atomic E-state index is 12.3. The van der Waals surface area contributed by atoms with Gasteiger partial charge in [0, 0.05) is 0 Å². The molecule has 0 aliphatic carbocycles. The average molecular weight is 371 g/mol. The summed E-state index contributed by atoms with van der Waals surface area (Å²) in [5.41, 5.74) is 3.33. The van der Waals surface area contributed by atoms with E-state index in [4.69, 9.17) is 4.52 Å². The second-order valence-electron chi connectivity index (χ2n) is 5.81. The molecule has 0 bridgehead atoms. The number of aryl methyl sites for hydroxylation is 2. The number of aromatic nitrogens is 1. The van der Waals surface area contributed by atoms with Gasteiger partial charge in [0.1, 0.15) is 0 Å². The Morgan fingerprint density at radius 2 is 1.54 bits per heavy atom. The smallest absolute Gasteiger partial charge is 0.335 e. The van der Waals surface area contributed by atoms with Gasteiger partial charge in [-0.05, 0) is 31.5 Å². The Morgan fingerprint density at radius 1 is 0.962 bits per heavy atom. The first-order valence-electron chi connectivity index (χ1n) is 7.77. The van der Waals surface area contributed by atoms with Gasteiger partial charge in [-0.3, -0.25) is 5.32 Å². The van der Waals surface area contributed by atoms with Crippen molar-refractivity contribution in [3.8, 4) is 11.1 Å². The number of anilines is 1. The Labute approximate surface area is 151 Å². The second kappa shape index (κ2) is 7.01. The predicted octanol–water partition coefficient (Wildman–Crippen LogP) is 3.47. The van der Waals surface area contributed by atoms with Gasteiger partial charge >= 0.3 is 6.03 Å². The summed E-state index contributed by atoms with van der Waals surface area (Å²) in [4.78, 5) is 12.1. The minimum Gasteiger partial charge on any atom is -0.338 e. The molecule has 3 rings (SSSR count). The molecule has 0 saturated heterocycles. The first-order valence-corrected chi connectivity index (χ1v) is 9.26. The molecule has 0 fully saturated rings. The molecule has 134 valence electrons. The number of urea groups is 1. The lowest BCUT2D eigenvalue weighted by molar-refractivity contribution is 0.255. The number of carbonyl (C=O) groups excluding carboxylic acids is 1. The highest BCUT2D eigenvalue weighted by atomic mass is 32.2. The van der Waals surface area contributed by atoms with Crippen molar-refractivity contribution in [3.05, 3.63) is 65.9 Å². The van der Waals surface area contributed by atoms with E-state index < -0.39 is 16.1 Å². The first-order chi connectivity index (χ1) is 12.3. The third-order valence-electron chi connectivity index (χ3n) is 3.72. The molecule has 0 aliphatic rings. The van der Waals surface area contributed by atoms with Gasteiger partial charge in [0.05, 0.1) is 16.7 Å². The van der Waals surface area contributed by atoms with Crippen LogP contribution in [0, 0.1) is 13.8 Å². The number of sulfonamides is 1. The molecule has 2 N–H and O–H groups in total. The Kier molecular flexibility index (Phi) is 4.77. The van der Waals surface area contributed by atoms with E-state index in [0.29, 0.717) is 5.56 Å². The number of benzene rings is 2. The minimum atomic E-state index is -3.99. The van der Waals surface area contributed by atoms with Crippen molar-refractivity contribution >= 4 is 21.9 Å². The number of hydrogen-bond acceptors (Lipinski definition) is 5.